The number of thioether (sulfide) groups is 1. The lowest BCUT2D eigenvalue weighted by Crippen LogP contribution is -2.41. The molecule has 3 N–H and O–H groups in total. The number of aliphatic carboxylic acids is 1. The van der Waals surface area contributed by atoms with Crippen LogP contribution in [0.3, 0.4) is 0 Å². The highest BCUT2D eigenvalue weighted by Crippen LogP contribution is 2.23. The molecule has 0 saturated carbocycles. The number of rotatable bonds is 3. The average Bonchev–Trinajstić information content (AvgIpc) is 2.53. The summed E-state index contributed by atoms with van der Waals surface area (Å²) < 4.78 is 0. The average molecular weight is 204 g/mol. The summed E-state index contributed by atoms with van der Waals surface area (Å²) in [4.78, 5) is 21.1. The Morgan fingerprint density at radius 2 is 2.31 bits per heavy atom. The number of hydrogen-bond donors (Lipinski definition) is 3. The van der Waals surface area contributed by atoms with Crippen LogP contribution in [-0.4, -0.2) is 34.8 Å². The van der Waals surface area contributed by atoms with Crippen LogP contribution in [0.1, 0.15) is 12.8 Å². The lowest BCUT2D eigenvalue weighted by atomic mass is 10.3. The summed E-state index contributed by atoms with van der Waals surface area (Å²) in [5.41, 5.74) is 0. The maximum Gasteiger partial charge on any atom is 0.323 e. The molecule has 1 rings (SSSR count). The van der Waals surface area contributed by atoms with E-state index in [0.717, 1.165) is 18.6 Å². The van der Waals surface area contributed by atoms with Crippen molar-refractivity contribution in [2.24, 2.45) is 0 Å². The largest absolute Gasteiger partial charge is 0.480 e. The first-order chi connectivity index (χ1) is 6.18. The lowest BCUT2D eigenvalue weighted by molar-refractivity contribution is -0.135. The first kappa shape index (κ1) is 10.2. The third-order valence-corrected chi connectivity index (χ3v) is 2.90. The van der Waals surface area contributed by atoms with Crippen LogP contribution in [0.4, 0.5) is 4.79 Å². The Morgan fingerprint density at radius 1 is 1.54 bits per heavy atom. The molecule has 1 heterocycles. The second kappa shape index (κ2) is 4.96. The standard InChI is InChI=1S/C7H12N2O3S/c10-6(11)4-8-7(12)9-5-2-1-3-13-5/h5H,1-4H2,(H,10,11)(H2,8,9,12). The Labute approximate surface area is 80.3 Å². The molecule has 1 aliphatic rings. The first-order valence-corrected chi connectivity index (χ1v) is 5.11. The van der Waals surface area contributed by atoms with Crippen molar-refractivity contribution < 1.29 is 14.7 Å². The molecule has 1 saturated heterocycles. The minimum absolute atomic E-state index is 0.147. The Bertz CT molecular complexity index is 204. The van der Waals surface area contributed by atoms with Crippen LogP contribution in [0.5, 0.6) is 0 Å². The summed E-state index contributed by atoms with van der Waals surface area (Å²) in [6.45, 7) is -0.330. The van der Waals surface area contributed by atoms with Gasteiger partial charge in [-0.3, -0.25) is 4.79 Å². The summed E-state index contributed by atoms with van der Waals surface area (Å²) in [5, 5.41) is 13.4. The van der Waals surface area contributed by atoms with E-state index in [4.69, 9.17) is 5.11 Å². The maximum atomic E-state index is 11.0. The van der Waals surface area contributed by atoms with Crippen molar-refractivity contribution in [2.45, 2.75) is 18.2 Å². The molecule has 0 aliphatic carbocycles. The fourth-order valence-electron chi connectivity index (χ4n) is 1.04. The molecule has 1 atom stereocenters. The van der Waals surface area contributed by atoms with Gasteiger partial charge in [-0.1, -0.05) is 0 Å². The van der Waals surface area contributed by atoms with Gasteiger partial charge >= 0.3 is 12.0 Å². The van der Waals surface area contributed by atoms with Gasteiger partial charge in [-0.05, 0) is 18.6 Å². The number of amides is 2. The summed E-state index contributed by atoms with van der Waals surface area (Å²) in [5.74, 6) is 0.0263. The molecule has 74 valence electrons. The molecule has 1 unspecified atom stereocenters. The van der Waals surface area contributed by atoms with Gasteiger partial charge in [0.15, 0.2) is 0 Å². The molecule has 1 aliphatic heterocycles. The van der Waals surface area contributed by atoms with E-state index >= 15 is 0 Å². The van der Waals surface area contributed by atoms with Crippen LogP contribution in [0.25, 0.3) is 0 Å². The van der Waals surface area contributed by atoms with Crippen molar-refractivity contribution in [2.75, 3.05) is 12.3 Å². The topological polar surface area (TPSA) is 78.4 Å². The maximum absolute atomic E-state index is 11.0. The van der Waals surface area contributed by atoms with E-state index in [1.54, 1.807) is 11.8 Å². The van der Waals surface area contributed by atoms with Crippen LogP contribution in [0.15, 0.2) is 0 Å². The highest BCUT2D eigenvalue weighted by molar-refractivity contribution is 8.00. The molecule has 0 spiro atoms. The Kier molecular flexibility index (Phi) is 3.88. The zero-order valence-corrected chi connectivity index (χ0v) is 7.89. The predicted molar refractivity (Wildman–Crippen MR) is 49.7 cm³/mol. The first-order valence-electron chi connectivity index (χ1n) is 4.06. The van der Waals surface area contributed by atoms with Gasteiger partial charge in [-0.2, -0.15) is 0 Å². The second-order valence-electron chi connectivity index (χ2n) is 2.72. The molecular weight excluding hydrogens is 192 g/mol. The predicted octanol–water partition coefficient (Wildman–Crippen LogP) is 0.223. The van der Waals surface area contributed by atoms with Crippen molar-refractivity contribution in [1.82, 2.24) is 10.6 Å². The number of urea groups is 1. The number of carbonyl (C=O) groups excluding carboxylic acids is 1. The van der Waals surface area contributed by atoms with Crippen molar-refractivity contribution in [3.8, 4) is 0 Å². The van der Waals surface area contributed by atoms with E-state index in [0.29, 0.717) is 0 Å². The third-order valence-electron chi connectivity index (χ3n) is 1.62. The molecule has 5 nitrogen and oxygen atoms in total. The lowest BCUT2D eigenvalue weighted by Gasteiger charge is -2.10. The van der Waals surface area contributed by atoms with Gasteiger partial charge in [0.25, 0.3) is 0 Å². The van der Waals surface area contributed by atoms with E-state index in [2.05, 4.69) is 10.6 Å². The molecule has 1 fully saturated rings. The molecule has 13 heavy (non-hydrogen) atoms. The van der Waals surface area contributed by atoms with Gasteiger partial charge in [-0.25, -0.2) is 4.79 Å². The second-order valence-corrected chi connectivity index (χ2v) is 4.03. The van der Waals surface area contributed by atoms with Gasteiger partial charge in [-0.15, -0.1) is 11.8 Å². The molecule has 0 aromatic heterocycles. The smallest absolute Gasteiger partial charge is 0.323 e. The summed E-state index contributed by atoms with van der Waals surface area (Å²) in [6, 6.07) is -0.401. The van der Waals surface area contributed by atoms with E-state index < -0.39 is 12.0 Å². The van der Waals surface area contributed by atoms with Crippen molar-refractivity contribution in [3.05, 3.63) is 0 Å². The van der Waals surface area contributed by atoms with Crippen LogP contribution in [0, 0.1) is 0 Å². The highest BCUT2D eigenvalue weighted by Gasteiger charge is 2.17. The molecule has 2 amide bonds. The Balaban J connectivity index is 2.13. The Morgan fingerprint density at radius 3 is 2.85 bits per heavy atom. The summed E-state index contributed by atoms with van der Waals surface area (Å²) in [7, 11) is 0. The SMILES string of the molecule is O=C(O)CNC(=O)NC1CCCS1. The van der Waals surface area contributed by atoms with Crippen molar-refractivity contribution >= 4 is 23.8 Å². The van der Waals surface area contributed by atoms with E-state index in [1.807, 2.05) is 0 Å². The third kappa shape index (κ3) is 4.02. The number of carboxylic acid groups (broad SMARTS) is 1. The van der Waals surface area contributed by atoms with Crippen LogP contribution < -0.4 is 10.6 Å². The number of nitrogens with one attached hydrogen (secondary N) is 2. The van der Waals surface area contributed by atoms with Gasteiger partial charge < -0.3 is 15.7 Å². The summed E-state index contributed by atoms with van der Waals surface area (Å²) >= 11 is 1.69. The minimum Gasteiger partial charge on any atom is -0.480 e. The monoisotopic (exact) mass is 204 g/mol. The molecule has 0 bridgehead atoms. The molecule has 6 heteroatoms. The number of carboxylic acids is 1. The van der Waals surface area contributed by atoms with Crippen LogP contribution in [-0.2, 0) is 4.79 Å². The zero-order valence-electron chi connectivity index (χ0n) is 7.08. The van der Waals surface area contributed by atoms with E-state index in [9.17, 15) is 9.59 Å². The minimum atomic E-state index is -1.03. The normalized spacial score (nSPS) is 21.1. The molecule has 0 aromatic carbocycles. The van der Waals surface area contributed by atoms with E-state index in [1.165, 1.54) is 0 Å². The molecular formula is C7H12N2O3S. The number of hydrogen-bond acceptors (Lipinski definition) is 3. The van der Waals surface area contributed by atoms with Gasteiger partial charge in [0.1, 0.15) is 6.54 Å². The fraction of sp³-hybridized carbons (Fsp3) is 0.714. The van der Waals surface area contributed by atoms with Crippen LogP contribution >= 0.6 is 11.8 Å². The highest BCUT2D eigenvalue weighted by atomic mass is 32.2. The van der Waals surface area contributed by atoms with Crippen molar-refractivity contribution in [1.29, 1.82) is 0 Å². The van der Waals surface area contributed by atoms with Crippen molar-refractivity contribution in [3.63, 3.8) is 0 Å². The van der Waals surface area contributed by atoms with Gasteiger partial charge in [0, 0.05) is 0 Å². The summed E-state index contributed by atoms with van der Waals surface area (Å²) in [6.07, 6.45) is 2.07. The number of carbonyl (C=O) groups is 2. The molecule has 0 aromatic rings. The molecule has 0 radical (unpaired) electrons. The van der Waals surface area contributed by atoms with Gasteiger partial charge in [0.05, 0.1) is 5.37 Å². The quantitative estimate of drug-likeness (QED) is 0.614. The van der Waals surface area contributed by atoms with Crippen LogP contribution in [0.2, 0.25) is 0 Å². The van der Waals surface area contributed by atoms with Gasteiger partial charge in [0.2, 0.25) is 0 Å². The zero-order chi connectivity index (χ0) is 9.68. The van der Waals surface area contributed by atoms with E-state index in [-0.39, 0.29) is 11.9 Å². The fourth-order valence-corrected chi connectivity index (χ4v) is 2.19. The Hall–Kier alpha value is -0.910.